The normalized spacial score (nSPS) is 10.3. The second-order valence-corrected chi connectivity index (χ2v) is 4.22. The minimum Gasteiger partial charge on any atom is -0.364 e. The van der Waals surface area contributed by atoms with Gasteiger partial charge >= 0.3 is 0 Å². The Morgan fingerprint density at radius 3 is 2.50 bits per heavy atom. The molecule has 0 atom stereocenters. The molecule has 3 heteroatoms. The lowest BCUT2D eigenvalue weighted by molar-refractivity contribution is 0.0995. The van der Waals surface area contributed by atoms with Gasteiger partial charge in [-0.15, -0.1) is 0 Å². The fraction of sp³-hybridized carbons (Fsp3) is 0.200. The summed E-state index contributed by atoms with van der Waals surface area (Å²) in [6, 6.07) is 13.5. The lowest BCUT2D eigenvalue weighted by Crippen LogP contribution is -2.12. The molecule has 0 spiro atoms. The van der Waals surface area contributed by atoms with Crippen molar-refractivity contribution in [2.24, 2.45) is 5.73 Å². The highest BCUT2D eigenvalue weighted by atomic mass is 16.1. The van der Waals surface area contributed by atoms with Crippen molar-refractivity contribution in [2.45, 2.75) is 19.8 Å². The van der Waals surface area contributed by atoms with Crippen LogP contribution in [0.1, 0.15) is 29.4 Å². The number of carbonyl (C=O) groups is 1. The van der Waals surface area contributed by atoms with E-state index in [1.165, 1.54) is 5.56 Å². The Morgan fingerprint density at radius 2 is 1.89 bits per heavy atom. The van der Waals surface area contributed by atoms with Crippen molar-refractivity contribution in [3.8, 4) is 11.3 Å². The Labute approximate surface area is 107 Å². The van der Waals surface area contributed by atoms with Crippen molar-refractivity contribution < 1.29 is 4.79 Å². The molecule has 0 bridgehead atoms. The Kier molecular flexibility index (Phi) is 3.72. The number of primary amides is 1. The number of nitrogens with zero attached hydrogens (tertiary/aromatic N) is 1. The summed E-state index contributed by atoms with van der Waals surface area (Å²) in [5.41, 5.74) is 8.60. The largest absolute Gasteiger partial charge is 0.364 e. The maximum atomic E-state index is 11.1. The Bertz CT molecular complexity index is 547. The first kappa shape index (κ1) is 12.3. The summed E-state index contributed by atoms with van der Waals surface area (Å²) in [6.45, 7) is 2.16. The maximum absolute atomic E-state index is 11.1. The van der Waals surface area contributed by atoms with Gasteiger partial charge < -0.3 is 5.73 Å². The highest BCUT2D eigenvalue weighted by Crippen LogP contribution is 2.18. The summed E-state index contributed by atoms with van der Waals surface area (Å²) in [7, 11) is 0. The average molecular weight is 240 g/mol. The van der Waals surface area contributed by atoms with Crippen molar-refractivity contribution in [1.82, 2.24) is 4.98 Å². The van der Waals surface area contributed by atoms with E-state index in [4.69, 9.17) is 5.73 Å². The molecule has 0 radical (unpaired) electrons. The average Bonchev–Trinajstić information content (AvgIpc) is 2.40. The third-order valence-electron chi connectivity index (χ3n) is 2.79. The second kappa shape index (κ2) is 5.45. The highest BCUT2D eigenvalue weighted by Gasteiger charge is 2.04. The molecule has 0 aliphatic rings. The van der Waals surface area contributed by atoms with Crippen molar-refractivity contribution in [3.63, 3.8) is 0 Å². The molecule has 2 rings (SSSR count). The predicted molar refractivity (Wildman–Crippen MR) is 72.2 cm³/mol. The third kappa shape index (κ3) is 2.74. The van der Waals surface area contributed by atoms with Gasteiger partial charge in [-0.1, -0.05) is 43.7 Å². The smallest absolute Gasteiger partial charge is 0.267 e. The van der Waals surface area contributed by atoms with Gasteiger partial charge in [0.2, 0.25) is 0 Å². The van der Waals surface area contributed by atoms with Crippen molar-refractivity contribution in [3.05, 3.63) is 53.7 Å². The van der Waals surface area contributed by atoms with Gasteiger partial charge in [0.25, 0.3) is 5.91 Å². The van der Waals surface area contributed by atoms with Crippen LogP contribution in [0.5, 0.6) is 0 Å². The van der Waals surface area contributed by atoms with E-state index < -0.39 is 5.91 Å². The van der Waals surface area contributed by atoms with Gasteiger partial charge in [-0.2, -0.15) is 0 Å². The molecule has 2 N–H and O–H groups in total. The second-order valence-electron chi connectivity index (χ2n) is 4.22. The van der Waals surface area contributed by atoms with Gasteiger partial charge in [-0.05, 0) is 24.1 Å². The van der Waals surface area contributed by atoms with E-state index >= 15 is 0 Å². The molecular formula is C15H16N2O. The molecule has 1 aromatic carbocycles. The number of amides is 1. The summed E-state index contributed by atoms with van der Waals surface area (Å²) in [5, 5.41) is 0. The number of hydrogen-bond donors (Lipinski definition) is 1. The van der Waals surface area contributed by atoms with Crippen LogP contribution in [0.3, 0.4) is 0 Å². The summed E-state index contributed by atoms with van der Waals surface area (Å²) in [6.07, 6.45) is 2.21. The van der Waals surface area contributed by atoms with E-state index in [-0.39, 0.29) is 0 Å². The number of aromatic nitrogens is 1. The molecule has 18 heavy (non-hydrogen) atoms. The van der Waals surface area contributed by atoms with Crippen LogP contribution in [0.25, 0.3) is 11.3 Å². The zero-order chi connectivity index (χ0) is 13.0. The van der Waals surface area contributed by atoms with Crippen molar-refractivity contribution in [1.29, 1.82) is 0 Å². The Hall–Kier alpha value is -2.16. The summed E-state index contributed by atoms with van der Waals surface area (Å²) in [5.74, 6) is -0.501. The molecule has 3 nitrogen and oxygen atoms in total. The standard InChI is InChI=1S/C15H16N2O/c1-2-4-11-7-9-12(10-8-11)13-5-3-6-14(17-13)15(16)18/h3,5-10H,2,4H2,1H3,(H2,16,18). The van der Waals surface area contributed by atoms with Gasteiger partial charge in [-0.3, -0.25) is 4.79 Å². The minimum absolute atomic E-state index is 0.296. The van der Waals surface area contributed by atoms with Gasteiger partial charge in [0.1, 0.15) is 5.69 Å². The first-order valence-electron chi connectivity index (χ1n) is 6.07. The molecule has 1 amide bonds. The third-order valence-corrected chi connectivity index (χ3v) is 2.79. The van der Waals surface area contributed by atoms with Crippen molar-refractivity contribution in [2.75, 3.05) is 0 Å². The number of carbonyl (C=O) groups excluding carboxylic acids is 1. The fourth-order valence-corrected chi connectivity index (χ4v) is 1.86. The maximum Gasteiger partial charge on any atom is 0.267 e. The number of nitrogens with two attached hydrogens (primary N) is 1. The fourth-order valence-electron chi connectivity index (χ4n) is 1.86. The monoisotopic (exact) mass is 240 g/mol. The SMILES string of the molecule is CCCc1ccc(-c2cccc(C(N)=O)n2)cc1. The lowest BCUT2D eigenvalue weighted by Gasteiger charge is -2.04. The first-order valence-corrected chi connectivity index (χ1v) is 6.07. The Balaban J connectivity index is 2.30. The van der Waals surface area contributed by atoms with Gasteiger partial charge in [0.15, 0.2) is 0 Å². The van der Waals surface area contributed by atoms with Gasteiger partial charge in [-0.25, -0.2) is 4.98 Å². The van der Waals surface area contributed by atoms with E-state index in [1.54, 1.807) is 12.1 Å². The number of rotatable bonds is 4. The molecule has 0 fully saturated rings. The van der Waals surface area contributed by atoms with Crippen LogP contribution < -0.4 is 5.73 Å². The quantitative estimate of drug-likeness (QED) is 0.893. The van der Waals surface area contributed by atoms with E-state index in [9.17, 15) is 4.79 Å². The predicted octanol–water partition coefficient (Wildman–Crippen LogP) is 2.80. The summed E-state index contributed by atoms with van der Waals surface area (Å²) in [4.78, 5) is 15.3. The molecule has 1 heterocycles. The van der Waals surface area contributed by atoms with E-state index in [0.29, 0.717) is 5.69 Å². The zero-order valence-electron chi connectivity index (χ0n) is 10.4. The van der Waals surface area contributed by atoms with Crippen LogP contribution in [0.15, 0.2) is 42.5 Å². The molecule has 1 aromatic heterocycles. The van der Waals surface area contributed by atoms with E-state index in [2.05, 4.69) is 24.0 Å². The van der Waals surface area contributed by atoms with Crippen LogP contribution in [-0.4, -0.2) is 10.9 Å². The highest BCUT2D eigenvalue weighted by molar-refractivity contribution is 5.91. The Morgan fingerprint density at radius 1 is 1.17 bits per heavy atom. The van der Waals surface area contributed by atoms with Crippen LogP contribution >= 0.6 is 0 Å². The number of aryl methyl sites for hydroxylation is 1. The van der Waals surface area contributed by atoms with Crippen LogP contribution in [0.2, 0.25) is 0 Å². The number of hydrogen-bond acceptors (Lipinski definition) is 2. The van der Waals surface area contributed by atoms with Gasteiger partial charge in [0, 0.05) is 5.56 Å². The van der Waals surface area contributed by atoms with Crippen LogP contribution in [-0.2, 0) is 6.42 Å². The number of pyridine rings is 1. The van der Waals surface area contributed by atoms with E-state index in [1.807, 2.05) is 18.2 Å². The number of benzene rings is 1. The molecule has 0 saturated carbocycles. The molecule has 0 unspecified atom stereocenters. The van der Waals surface area contributed by atoms with Gasteiger partial charge in [0.05, 0.1) is 5.69 Å². The summed E-state index contributed by atoms with van der Waals surface area (Å²) >= 11 is 0. The molecule has 0 aliphatic carbocycles. The molecule has 0 saturated heterocycles. The molecule has 0 aliphatic heterocycles. The first-order chi connectivity index (χ1) is 8.70. The minimum atomic E-state index is -0.501. The summed E-state index contributed by atoms with van der Waals surface area (Å²) < 4.78 is 0. The lowest BCUT2D eigenvalue weighted by atomic mass is 10.1. The van der Waals surface area contributed by atoms with Crippen molar-refractivity contribution >= 4 is 5.91 Å². The molecule has 92 valence electrons. The molecular weight excluding hydrogens is 224 g/mol. The molecule has 2 aromatic rings. The van der Waals surface area contributed by atoms with Crippen LogP contribution in [0.4, 0.5) is 0 Å². The van der Waals surface area contributed by atoms with E-state index in [0.717, 1.165) is 24.1 Å². The zero-order valence-corrected chi connectivity index (χ0v) is 10.4. The topological polar surface area (TPSA) is 56.0 Å². The van der Waals surface area contributed by atoms with Crippen LogP contribution in [0, 0.1) is 0 Å².